The zero-order valence-corrected chi connectivity index (χ0v) is 17.0. The predicted molar refractivity (Wildman–Crippen MR) is 111 cm³/mol. The Bertz CT molecular complexity index is 829. The fourth-order valence-electron chi connectivity index (χ4n) is 3.16. The van der Waals surface area contributed by atoms with E-state index in [0.29, 0.717) is 23.8 Å². The maximum atomic E-state index is 13.0. The van der Waals surface area contributed by atoms with Gasteiger partial charge in [0.2, 0.25) is 0 Å². The number of likely N-dealkylation sites (tertiary alicyclic amines) is 1. The first kappa shape index (κ1) is 22.1. The smallest absolute Gasteiger partial charge is 0.276 e. The summed E-state index contributed by atoms with van der Waals surface area (Å²) in [7, 11) is 0. The highest BCUT2D eigenvalue weighted by atomic mass is 35.5. The maximum absolute atomic E-state index is 13.0. The number of carbonyl (C=O) groups excluding carboxylic acids is 2. The molecule has 150 valence electrons. The summed E-state index contributed by atoms with van der Waals surface area (Å²) in [6, 6.07) is 6.70. The van der Waals surface area contributed by atoms with E-state index < -0.39 is 5.91 Å². The standard InChI is InChI=1S/C19H22ClN5O2.ClH/c1-12(21)13-3-2-10-25(11-13)19(27)17-16(22-8-9-23-17)18(26)24-15-6-4-14(20)5-7-15;/h4-9,12-13H,2-3,10-11,21H2,1H3,(H,24,26);1H. The first-order valence-electron chi connectivity index (χ1n) is 8.88. The molecule has 1 aromatic carbocycles. The summed E-state index contributed by atoms with van der Waals surface area (Å²) in [6.07, 6.45) is 4.68. The molecular weight excluding hydrogens is 401 g/mol. The molecule has 0 bridgehead atoms. The molecule has 1 saturated heterocycles. The molecule has 7 nitrogen and oxygen atoms in total. The van der Waals surface area contributed by atoms with Gasteiger partial charge in [0.1, 0.15) is 0 Å². The van der Waals surface area contributed by atoms with Gasteiger partial charge in [0.05, 0.1) is 0 Å². The topological polar surface area (TPSA) is 101 Å². The fourth-order valence-corrected chi connectivity index (χ4v) is 3.28. The van der Waals surface area contributed by atoms with Gasteiger partial charge in [0.25, 0.3) is 11.8 Å². The molecule has 3 N–H and O–H groups in total. The Kier molecular flexibility index (Phi) is 7.74. The van der Waals surface area contributed by atoms with Gasteiger partial charge >= 0.3 is 0 Å². The third-order valence-corrected chi connectivity index (χ3v) is 4.96. The van der Waals surface area contributed by atoms with E-state index in [1.165, 1.54) is 12.4 Å². The second-order valence-corrected chi connectivity index (χ2v) is 7.16. The van der Waals surface area contributed by atoms with Crippen molar-refractivity contribution in [3.05, 3.63) is 53.1 Å². The number of piperidine rings is 1. The minimum atomic E-state index is -0.491. The minimum Gasteiger partial charge on any atom is -0.337 e. The highest BCUT2D eigenvalue weighted by Gasteiger charge is 2.30. The van der Waals surface area contributed by atoms with Crippen molar-refractivity contribution in [2.75, 3.05) is 18.4 Å². The number of hydrogen-bond donors (Lipinski definition) is 2. The largest absolute Gasteiger partial charge is 0.337 e. The van der Waals surface area contributed by atoms with Crippen molar-refractivity contribution in [1.29, 1.82) is 0 Å². The van der Waals surface area contributed by atoms with Crippen LogP contribution in [0.3, 0.4) is 0 Å². The van der Waals surface area contributed by atoms with Crippen LogP contribution in [0.25, 0.3) is 0 Å². The first-order chi connectivity index (χ1) is 13.0. The normalized spacial score (nSPS) is 17.4. The zero-order chi connectivity index (χ0) is 19.4. The molecule has 28 heavy (non-hydrogen) atoms. The third-order valence-electron chi connectivity index (χ3n) is 4.71. The summed E-state index contributed by atoms with van der Waals surface area (Å²) >= 11 is 5.86. The van der Waals surface area contributed by atoms with Crippen LogP contribution in [-0.2, 0) is 0 Å². The van der Waals surface area contributed by atoms with Crippen molar-refractivity contribution in [2.45, 2.75) is 25.8 Å². The van der Waals surface area contributed by atoms with Crippen LogP contribution in [0.5, 0.6) is 0 Å². The van der Waals surface area contributed by atoms with Crippen molar-refractivity contribution in [3.8, 4) is 0 Å². The molecule has 2 amide bonds. The van der Waals surface area contributed by atoms with E-state index >= 15 is 0 Å². The van der Waals surface area contributed by atoms with Gasteiger partial charge in [-0.1, -0.05) is 11.6 Å². The van der Waals surface area contributed by atoms with Gasteiger partial charge in [-0.05, 0) is 49.9 Å². The van der Waals surface area contributed by atoms with Crippen LogP contribution in [-0.4, -0.2) is 45.8 Å². The predicted octanol–water partition coefficient (Wildman–Crippen LogP) is 3.00. The Morgan fingerprint density at radius 2 is 1.86 bits per heavy atom. The zero-order valence-electron chi connectivity index (χ0n) is 15.5. The molecule has 0 radical (unpaired) electrons. The molecule has 1 fully saturated rings. The second kappa shape index (κ2) is 9.82. The molecule has 3 rings (SSSR count). The van der Waals surface area contributed by atoms with E-state index in [4.69, 9.17) is 17.3 Å². The van der Waals surface area contributed by atoms with Crippen LogP contribution in [0.1, 0.15) is 40.7 Å². The highest BCUT2D eigenvalue weighted by molar-refractivity contribution is 6.30. The molecule has 2 aromatic rings. The Labute approximate surface area is 175 Å². The number of amides is 2. The van der Waals surface area contributed by atoms with Gasteiger partial charge < -0.3 is 16.0 Å². The van der Waals surface area contributed by atoms with Crippen molar-refractivity contribution in [2.24, 2.45) is 11.7 Å². The van der Waals surface area contributed by atoms with E-state index in [2.05, 4.69) is 15.3 Å². The van der Waals surface area contributed by atoms with Gasteiger partial charge in [-0.15, -0.1) is 12.4 Å². The van der Waals surface area contributed by atoms with Crippen molar-refractivity contribution >= 4 is 41.5 Å². The lowest BCUT2D eigenvalue weighted by molar-refractivity contribution is 0.0650. The summed E-state index contributed by atoms with van der Waals surface area (Å²) in [5, 5.41) is 3.29. The molecule has 9 heteroatoms. The quantitative estimate of drug-likeness (QED) is 0.786. The molecule has 0 saturated carbocycles. The van der Waals surface area contributed by atoms with Crippen LogP contribution in [0.15, 0.2) is 36.7 Å². The lowest BCUT2D eigenvalue weighted by atomic mass is 9.92. The maximum Gasteiger partial charge on any atom is 0.276 e. The van der Waals surface area contributed by atoms with Gasteiger partial charge in [0.15, 0.2) is 11.4 Å². The molecule has 0 aliphatic carbocycles. The fraction of sp³-hybridized carbons (Fsp3) is 0.368. The van der Waals surface area contributed by atoms with E-state index in [0.717, 1.165) is 12.8 Å². The summed E-state index contributed by atoms with van der Waals surface area (Å²) in [5.41, 5.74) is 6.61. The van der Waals surface area contributed by atoms with Gasteiger partial charge in [-0.25, -0.2) is 9.97 Å². The van der Waals surface area contributed by atoms with E-state index in [9.17, 15) is 9.59 Å². The van der Waals surface area contributed by atoms with Gasteiger partial charge in [-0.3, -0.25) is 9.59 Å². The number of nitrogens with one attached hydrogen (secondary N) is 1. The SMILES string of the molecule is CC(N)C1CCCN(C(=O)c2nccnc2C(=O)Nc2ccc(Cl)cc2)C1.Cl. The summed E-state index contributed by atoms with van der Waals surface area (Å²) < 4.78 is 0. The third kappa shape index (κ3) is 5.19. The molecule has 1 aliphatic rings. The Balaban J connectivity index is 0.00000280. The Morgan fingerprint density at radius 1 is 1.21 bits per heavy atom. The minimum absolute atomic E-state index is 0. The van der Waals surface area contributed by atoms with Crippen LogP contribution in [0.2, 0.25) is 5.02 Å². The first-order valence-corrected chi connectivity index (χ1v) is 9.26. The van der Waals surface area contributed by atoms with E-state index in [-0.39, 0.29) is 41.7 Å². The summed E-state index contributed by atoms with van der Waals surface area (Å²) in [4.78, 5) is 35.5. The molecule has 2 heterocycles. The van der Waals surface area contributed by atoms with E-state index in [1.54, 1.807) is 29.2 Å². The number of nitrogens with two attached hydrogens (primary N) is 1. The Morgan fingerprint density at radius 3 is 2.50 bits per heavy atom. The van der Waals surface area contributed by atoms with Crippen molar-refractivity contribution in [1.82, 2.24) is 14.9 Å². The lowest BCUT2D eigenvalue weighted by Crippen LogP contribution is -2.45. The molecule has 1 aliphatic heterocycles. The number of rotatable bonds is 4. The molecular formula is C19H23Cl2N5O2. The number of hydrogen-bond acceptors (Lipinski definition) is 5. The van der Waals surface area contributed by atoms with Crippen LogP contribution in [0, 0.1) is 5.92 Å². The van der Waals surface area contributed by atoms with E-state index in [1.807, 2.05) is 6.92 Å². The summed E-state index contributed by atoms with van der Waals surface area (Å²) in [6.45, 7) is 3.13. The van der Waals surface area contributed by atoms with Crippen molar-refractivity contribution < 1.29 is 9.59 Å². The van der Waals surface area contributed by atoms with Crippen LogP contribution < -0.4 is 11.1 Å². The van der Waals surface area contributed by atoms with Crippen LogP contribution >= 0.6 is 24.0 Å². The number of aromatic nitrogens is 2. The Hall–Kier alpha value is -2.22. The van der Waals surface area contributed by atoms with Gasteiger partial charge in [-0.2, -0.15) is 0 Å². The lowest BCUT2D eigenvalue weighted by Gasteiger charge is -2.34. The molecule has 2 atom stereocenters. The van der Waals surface area contributed by atoms with Crippen LogP contribution in [0.4, 0.5) is 5.69 Å². The number of anilines is 1. The summed E-state index contributed by atoms with van der Waals surface area (Å²) in [5.74, 6) is -0.546. The average Bonchev–Trinajstić information content (AvgIpc) is 2.69. The highest BCUT2D eigenvalue weighted by Crippen LogP contribution is 2.21. The number of carbonyl (C=O) groups is 2. The van der Waals surface area contributed by atoms with Crippen molar-refractivity contribution in [3.63, 3.8) is 0 Å². The molecule has 1 aromatic heterocycles. The molecule has 0 spiro atoms. The molecule has 2 unspecified atom stereocenters. The number of benzene rings is 1. The number of nitrogens with zero attached hydrogens (tertiary/aromatic N) is 3. The number of halogens is 2. The monoisotopic (exact) mass is 423 g/mol. The average molecular weight is 424 g/mol. The van der Waals surface area contributed by atoms with Gasteiger partial charge in [0, 0.05) is 42.2 Å². The second-order valence-electron chi connectivity index (χ2n) is 6.73.